The van der Waals surface area contributed by atoms with E-state index in [-0.39, 0.29) is 29.6 Å². The lowest BCUT2D eigenvalue weighted by molar-refractivity contribution is 0.0947. The number of anilines is 1. The first kappa shape index (κ1) is 18.9. The zero-order valence-electron chi connectivity index (χ0n) is 15.1. The fraction of sp³-hybridized carbons (Fsp3) is 0.250. The summed E-state index contributed by atoms with van der Waals surface area (Å²) in [5.74, 6) is -0.597. The molecule has 11 nitrogen and oxygen atoms in total. The van der Waals surface area contributed by atoms with Gasteiger partial charge in [0.25, 0.3) is 5.91 Å². The molecular formula is C16H17FN8O3. The van der Waals surface area contributed by atoms with Crippen LogP contribution in [0.5, 0.6) is 5.75 Å². The minimum Gasteiger partial charge on any atom is -0.487 e. The lowest BCUT2D eigenvalue weighted by Gasteiger charge is -2.08. The van der Waals surface area contributed by atoms with E-state index in [1.54, 1.807) is 6.92 Å². The summed E-state index contributed by atoms with van der Waals surface area (Å²) < 4.78 is 24.4. The number of carbonyl (C=O) groups is 1. The number of benzene rings is 1. The van der Waals surface area contributed by atoms with Gasteiger partial charge in [-0.15, -0.1) is 5.10 Å². The van der Waals surface area contributed by atoms with Crippen molar-refractivity contribution in [2.45, 2.75) is 26.9 Å². The van der Waals surface area contributed by atoms with E-state index >= 15 is 0 Å². The number of hydrogen-bond acceptors (Lipinski definition) is 9. The Morgan fingerprint density at radius 3 is 2.75 bits per heavy atom. The summed E-state index contributed by atoms with van der Waals surface area (Å²) >= 11 is 0. The fourth-order valence-electron chi connectivity index (χ4n) is 2.08. The molecule has 0 atom stereocenters. The summed E-state index contributed by atoms with van der Waals surface area (Å²) in [6.45, 7) is 3.55. The van der Waals surface area contributed by atoms with Crippen molar-refractivity contribution in [3.8, 4) is 11.6 Å². The SMILES string of the molecule is CC/C(C)=N/NC(=O)c1nnn(-c2nonc2N)c1COc1ccc(F)cc1. The number of rotatable bonds is 7. The number of nitrogens with one attached hydrogen (secondary N) is 1. The summed E-state index contributed by atoms with van der Waals surface area (Å²) in [6, 6.07) is 5.40. The summed E-state index contributed by atoms with van der Waals surface area (Å²) in [4.78, 5) is 12.5. The second-order valence-corrected chi connectivity index (χ2v) is 5.65. The van der Waals surface area contributed by atoms with Crippen molar-refractivity contribution in [2.75, 3.05) is 5.73 Å². The minimum absolute atomic E-state index is 0.0419. The van der Waals surface area contributed by atoms with Gasteiger partial charge in [0.1, 0.15) is 23.9 Å². The van der Waals surface area contributed by atoms with E-state index in [9.17, 15) is 9.18 Å². The number of nitrogens with two attached hydrogens (primary N) is 1. The Morgan fingerprint density at radius 2 is 2.11 bits per heavy atom. The van der Waals surface area contributed by atoms with Crippen LogP contribution in [0.15, 0.2) is 34.0 Å². The largest absolute Gasteiger partial charge is 0.487 e. The zero-order valence-corrected chi connectivity index (χ0v) is 15.1. The quantitative estimate of drug-likeness (QED) is 0.457. The van der Waals surface area contributed by atoms with E-state index in [1.165, 1.54) is 28.9 Å². The van der Waals surface area contributed by atoms with Crippen molar-refractivity contribution in [3.05, 3.63) is 41.5 Å². The van der Waals surface area contributed by atoms with Gasteiger partial charge in [-0.2, -0.15) is 9.78 Å². The molecule has 3 rings (SSSR count). The van der Waals surface area contributed by atoms with E-state index in [2.05, 4.69) is 35.8 Å². The minimum atomic E-state index is -0.591. The van der Waals surface area contributed by atoms with E-state index in [0.717, 1.165) is 5.71 Å². The Bertz CT molecular complexity index is 996. The molecule has 0 radical (unpaired) electrons. The highest BCUT2D eigenvalue weighted by atomic mass is 19.1. The summed E-state index contributed by atoms with van der Waals surface area (Å²) in [7, 11) is 0. The number of ether oxygens (including phenoxy) is 1. The third-order valence-electron chi connectivity index (χ3n) is 3.72. The maximum atomic E-state index is 13.1. The van der Waals surface area contributed by atoms with Crippen molar-refractivity contribution in [2.24, 2.45) is 5.10 Å². The molecule has 0 bridgehead atoms. The summed E-state index contributed by atoms with van der Waals surface area (Å²) in [5.41, 5.74) is 9.03. The molecule has 0 aliphatic rings. The molecule has 0 unspecified atom stereocenters. The zero-order chi connectivity index (χ0) is 20.1. The number of hydrazone groups is 1. The first-order valence-electron chi connectivity index (χ1n) is 8.24. The van der Waals surface area contributed by atoms with Crippen LogP contribution in [0.2, 0.25) is 0 Å². The molecule has 1 aromatic carbocycles. The van der Waals surface area contributed by atoms with Crippen molar-refractivity contribution in [1.82, 2.24) is 30.7 Å². The molecule has 2 heterocycles. The predicted molar refractivity (Wildman–Crippen MR) is 95.2 cm³/mol. The van der Waals surface area contributed by atoms with Crippen LogP contribution in [-0.4, -0.2) is 36.9 Å². The number of aromatic nitrogens is 5. The van der Waals surface area contributed by atoms with E-state index in [4.69, 9.17) is 10.5 Å². The first-order valence-corrected chi connectivity index (χ1v) is 8.24. The smallest absolute Gasteiger partial charge is 0.293 e. The molecule has 3 aromatic rings. The molecule has 0 aliphatic carbocycles. The number of nitrogen functional groups attached to an aromatic ring is 1. The third-order valence-corrected chi connectivity index (χ3v) is 3.72. The molecule has 0 aliphatic heterocycles. The van der Waals surface area contributed by atoms with E-state index in [1.807, 2.05) is 6.92 Å². The normalized spacial score (nSPS) is 11.5. The molecule has 28 heavy (non-hydrogen) atoms. The number of hydrogen-bond donors (Lipinski definition) is 2. The fourth-order valence-corrected chi connectivity index (χ4v) is 2.08. The van der Waals surface area contributed by atoms with Crippen LogP contribution in [0.4, 0.5) is 10.2 Å². The average molecular weight is 388 g/mol. The van der Waals surface area contributed by atoms with Gasteiger partial charge in [-0.25, -0.2) is 14.4 Å². The Kier molecular flexibility index (Phi) is 5.58. The molecular weight excluding hydrogens is 371 g/mol. The van der Waals surface area contributed by atoms with Gasteiger partial charge in [0.2, 0.25) is 11.6 Å². The Labute approximate surface area is 158 Å². The molecule has 1 amide bonds. The van der Waals surface area contributed by atoms with Crippen molar-refractivity contribution >= 4 is 17.4 Å². The van der Waals surface area contributed by atoms with Crippen LogP contribution in [-0.2, 0) is 6.61 Å². The highest BCUT2D eigenvalue weighted by molar-refractivity contribution is 5.94. The van der Waals surface area contributed by atoms with Crippen LogP contribution >= 0.6 is 0 Å². The van der Waals surface area contributed by atoms with Gasteiger partial charge in [-0.3, -0.25) is 4.79 Å². The van der Waals surface area contributed by atoms with Crippen LogP contribution in [0.3, 0.4) is 0 Å². The van der Waals surface area contributed by atoms with Gasteiger partial charge in [-0.1, -0.05) is 12.1 Å². The molecule has 146 valence electrons. The maximum Gasteiger partial charge on any atom is 0.293 e. The number of nitrogens with zero attached hydrogens (tertiary/aromatic N) is 6. The van der Waals surface area contributed by atoms with Crippen LogP contribution in [0.1, 0.15) is 36.5 Å². The van der Waals surface area contributed by atoms with Gasteiger partial charge in [0, 0.05) is 5.71 Å². The van der Waals surface area contributed by atoms with Crippen molar-refractivity contribution < 1.29 is 18.6 Å². The molecule has 3 N–H and O–H groups in total. The number of halogens is 1. The predicted octanol–water partition coefficient (Wildman–Crippen LogP) is 1.47. The van der Waals surface area contributed by atoms with Gasteiger partial charge < -0.3 is 10.5 Å². The highest BCUT2D eigenvalue weighted by Crippen LogP contribution is 2.19. The molecule has 12 heteroatoms. The van der Waals surface area contributed by atoms with Crippen LogP contribution in [0.25, 0.3) is 5.82 Å². The van der Waals surface area contributed by atoms with Gasteiger partial charge >= 0.3 is 0 Å². The Hall–Kier alpha value is -3.83. The standard InChI is InChI=1S/C16H17FN8O3/c1-3-9(2)19-21-16(26)13-12(8-27-11-6-4-10(17)5-7-11)25(24-20-13)15-14(18)22-28-23-15/h4-7H,3,8H2,1-2H3,(H2,18,22)(H,21,26)/b19-9+. The third kappa shape index (κ3) is 4.11. The van der Waals surface area contributed by atoms with E-state index < -0.39 is 11.7 Å². The average Bonchev–Trinajstić information content (AvgIpc) is 3.30. The second-order valence-electron chi connectivity index (χ2n) is 5.65. The summed E-state index contributed by atoms with van der Waals surface area (Å²) in [5, 5.41) is 18.9. The molecule has 2 aromatic heterocycles. The summed E-state index contributed by atoms with van der Waals surface area (Å²) in [6.07, 6.45) is 0.675. The monoisotopic (exact) mass is 388 g/mol. The molecule has 0 spiro atoms. The molecule has 0 fully saturated rings. The Morgan fingerprint density at radius 1 is 1.36 bits per heavy atom. The Balaban J connectivity index is 1.91. The first-order chi connectivity index (χ1) is 13.5. The van der Waals surface area contributed by atoms with Gasteiger partial charge in [-0.05, 0) is 47.9 Å². The second kappa shape index (κ2) is 8.24. The van der Waals surface area contributed by atoms with Crippen LogP contribution in [0, 0.1) is 5.82 Å². The van der Waals surface area contributed by atoms with Crippen molar-refractivity contribution in [3.63, 3.8) is 0 Å². The van der Waals surface area contributed by atoms with E-state index in [0.29, 0.717) is 12.2 Å². The molecule has 0 saturated heterocycles. The van der Waals surface area contributed by atoms with Gasteiger partial charge in [0.05, 0.1) is 0 Å². The van der Waals surface area contributed by atoms with Crippen molar-refractivity contribution in [1.29, 1.82) is 0 Å². The molecule has 0 saturated carbocycles. The highest BCUT2D eigenvalue weighted by Gasteiger charge is 2.24. The van der Waals surface area contributed by atoms with Gasteiger partial charge in [0.15, 0.2) is 5.69 Å². The lowest BCUT2D eigenvalue weighted by Crippen LogP contribution is -2.22. The lowest BCUT2D eigenvalue weighted by atomic mass is 10.3. The number of carbonyl (C=O) groups excluding carboxylic acids is 1. The van der Waals surface area contributed by atoms with Crippen LogP contribution < -0.4 is 15.9 Å². The number of amides is 1. The topological polar surface area (TPSA) is 146 Å². The maximum absolute atomic E-state index is 13.1.